The fourth-order valence-electron chi connectivity index (χ4n) is 2.30. The fourth-order valence-corrected chi connectivity index (χ4v) is 2.84. The number of benzene rings is 2. The second kappa shape index (κ2) is 18.8. The lowest BCUT2D eigenvalue weighted by molar-refractivity contribution is -0.140. The fraction of sp³-hybridized carbons (Fsp3) is 0.364. The molecule has 2 rings (SSSR count). The molecular weight excluding hydrogens is 533 g/mol. The summed E-state index contributed by atoms with van der Waals surface area (Å²) in [6.45, 7) is -0.266. The van der Waals surface area contributed by atoms with Crippen LogP contribution in [0.5, 0.6) is 23.0 Å². The smallest absolute Gasteiger partial charge is 0.341 e. The Hall–Kier alpha value is -2.59. The molecule has 3 N–H and O–H groups in total. The maximum absolute atomic E-state index is 10.4. The molecule has 192 valence electrons. The third-order valence-corrected chi connectivity index (χ3v) is 4.50. The topological polar surface area (TPSA) is 133 Å². The molecule has 34 heavy (non-hydrogen) atoms. The molecule has 1 unspecified atom stereocenters. The highest BCUT2D eigenvalue weighted by Crippen LogP contribution is 2.26. The highest BCUT2D eigenvalue weighted by molar-refractivity contribution is 9.08. The van der Waals surface area contributed by atoms with Crippen molar-refractivity contribution in [3.63, 3.8) is 0 Å². The molecule has 0 radical (unpaired) electrons. The first-order valence-electron chi connectivity index (χ1n) is 9.02. The first kappa shape index (κ1) is 33.6. The number of carbonyl (C=O) groups is 2. The number of methoxy groups -OCH3 is 2. The van der Waals surface area contributed by atoms with E-state index in [2.05, 4.69) is 35.5 Å². The van der Waals surface area contributed by atoms with Gasteiger partial charge in [-0.05, 0) is 12.1 Å². The molecular formula is C22H33BrNO9P. The van der Waals surface area contributed by atoms with E-state index in [9.17, 15) is 9.59 Å². The third kappa shape index (κ3) is 12.6. The van der Waals surface area contributed by atoms with Crippen molar-refractivity contribution in [3.05, 3.63) is 47.5 Å². The van der Waals surface area contributed by atoms with Crippen molar-refractivity contribution in [3.8, 4) is 23.0 Å². The zero-order valence-corrected chi connectivity index (χ0v) is 20.2. The van der Waals surface area contributed by atoms with Crippen LogP contribution in [0.1, 0.15) is 26.0 Å². The van der Waals surface area contributed by atoms with Crippen LogP contribution < -0.4 is 24.4 Å². The number of hydrogen-bond acceptors (Lipinski definition) is 8. The number of hydroxylamine groups is 1. The summed E-state index contributed by atoms with van der Waals surface area (Å²) in [5.74, 6) is 0.181. The van der Waals surface area contributed by atoms with Gasteiger partial charge in [-0.1, -0.05) is 42.9 Å². The molecule has 0 aliphatic rings. The number of carboxylic acid groups (broad SMARTS) is 2. The third-order valence-electron chi connectivity index (χ3n) is 3.73. The van der Waals surface area contributed by atoms with Gasteiger partial charge in [-0.2, -0.15) is 5.48 Å². The van der Waals surface area contributed by atoms with Crippen molar-refractivity contribution in [2.75, 3.05) is 27.4 Å². The zero-order chi connectivity index (χ0) is 23.9. The number of rotatable bonds is 12. The van der Waals surface area contributed by atoms with Crippen LogP contribution in [-0.2, 0) is 26.1 Å². The number of carboxylic acids is 2. The molecule has 0 spiro atoms. The van der Waals surface area contributed by atoms with Crippen LogP contribution in [0.15, 0.2) is 36.4 Å². The van der Waals surface area contributed by atoms with E-state index in [1.165, 1.54) is 7.11 Å². The van der Waals surface area contributed by atoms with Gasteiger partial charge in [0, 0.05) is 44.6 Å². The Labute approximate surface area is 210 Å². The monoisotopic (exact) mass is 565 g/mol. The molecule has 1 atom stereocenters. The summed E-state index contributed by atoms with van der Waals surface area (Å²) in [4.78, 5) is 20.6. The van der Waals surface area contributed by atoms with E-state index in [0.29, 0.717) is 34.9 Å². The minimum Gasteiger partial charge on any atom is -0.496 e. The second-order valence-electron chi connectivity index (χ2n) is 5.88. The van der Waals surface area contributed by atoms with Gasteiger partial charge < -0.3 is 29.2 Å². The molecule has 0 amide bonds. The summed E-state index contributed by atoms with van der Waals surface area (Å²) in [6, 6.07) is 10.3. The number of ether oxygens (including phenoxy) is 4. The van der Waals surface area contributed by atoms with E-state index >= 15 is 0 Å². The minimum absolute atomic E-state index is 0. The Kier molecular flexibility index (Phi) is 18.6. The molecule has 0 aliphatic carbocycles. The van der Waals surface area contributed by atoms with Gasteiger partial charge in [-0.15, -0.1) is 0 Å². The summed E-state index contributed by atoms with van der Waals surface area (Å²) < 4.78 is 25.0. The Morgan fingerprint density at radius 3 is 1.71 bits per heavy atom. The summed E-state index contributed by atoms with van der Waals surface area (Å²) in [6.07, 6.45) is 0. The first-order valence-corrected chi connectivity index (χ1v) is 10.6. The van der Waals surface area contributed by atoms with Gasteiger partial charge in [0.1, 0.15) is 23.0 Å². The van der Waals surface area contributed by atoms with E-state index in [1.807, 2.05) is 6.07 Å². The molecule has 12 heteroatoms. The number of halogens is 1. The normalized spacial score (nSPS) is 9.29. The zero-order valence-electron chi connectivity index (χ0n) is 17.5. The van der Waals surface area contributed by atoms with Crippen molar-refractivity contribution < 1.29 is 43.4 Å². The van der Waals surface area contributed by atoms with Crippen molar-refractivity contribution in [1.29, 1.82) is 0 Å². The molecule has 0 fully saturated rings. The molecule has 10 nitrogen and oxygen atoms in total. The first-order chi connectivity index (χ1) is 15.3. The maximum Gasteiger partial charge on any atom is 0.341 e. The van der Waals surface area contributed by atoms with Gasteiger partial charge in [0.2, 0.25) is 0 Å². The van der Waals surface area contributed by atoms with E-state index < -0.39 is 11.9 Å². The molecule has 2 aromatic rings. The number of alkyl halides is 1. The molecule has 2 aromatic carbocycles. The average Bonchev–Trinajstić information content (AvgIpc) is 2.80. The lowest BCUT2D eigenvalue weighted by Crippen LogP contribution is -2.11. The predicted octanol–water partition coefficient (Wildman–Crippen LogP) is 4.30. The van der Waals surface area contributed by atoms with Crippen molar-refractivity contribution in [2.24, 2.45) is 0 Å². The predicted molar refractivity (Wildman–Crippen MR) is 136 cm³/mol. The standard InChI is InChI=1S/C10H11BrO4.C10H14NO5P.2CH4/c1-14-9-4-8(15-6-10(12)13)3-2-7(9)5-11;1-14-9-4-8(15-6-10(12)13)3-2-7(9)5-11-16-17;;/h2-4H,5-6H2,1H3,(H,12,13);2-4,11H,5-6,17H2,1H3,(H,12,13);2*1H4. The molecule has 0 heterocycles. The SMILES string of the molecule is C.C.COc1cc(OCC(=O)O)ccc1CBr.COc1cc(OCC(=O)O)ccc1CNOP. The molecule has 0 aliphatic heterocycles. The highest BCUT2D eigenvalue weighted by atomic mass is 79.9. The van der Waals surface area contributed by atoms with Crippen LogP contribution in [-0.4, -0.2) is 49.6 Å². The van der Waals surface area contributed by atoms with Crippen molar-refractivity contribution >= 4 is 37.3 Å². The van der Waals surface area contributed by atoms with Crippen LogP contribution in [0.4, 0.5) is 0 Å². The number of hydrogen-bond donors (Lipinski definition) is 3. The summed E-state index contributed by atoms with van der Waals surface area (Å²) in [7, 11) is 5.16. The van der Waals surface area contributed by atoms with Gasteiger partial charge in [-0.25, -0.2) is 9.59 Å². The lowest BCUT2D eigenvalue weighted by atomic mass is 10.2. The maximum atomic E-state index is 10.4. The molecule has 0 saturated heterocycles. The molecule has 0 saturated carbocycles. The summed E-state index contributed by atoms with van der Waals surface area (Å²) in [5, 5.41) is 17.6. The summed E-state index contributed by atoms with van der Waals surface area (Å²) in [5.41, 5.74) is 4.52. The van der Waals surface area contributed by atoms with E-state index in [-0.39, 0.29) is 28.1 Å². The number of aliphatic carboxylic acids is 2. The quantitative estimate of drug-likeness (QED) is 0.194. The number of nitrogens with one attached hydrogen (secondary N) is 1. The Bertz CT molecular complexity index is 883. The van der Waals surface area contributed by atoms with E-state index in [0.717, 1.165) is 11.1 Å². The Morgan fingerprint density at radius 2 is 1.32 bits per heavy atom. The van der Waals surface area contributed by atoms with Crippen LogP contribution in [0.25, 0.3) is 0 Å². The average molecular weight is 566 g/mol. The van der Waals surface area contributed by atoms with Gasteiger partial charge in [-0.3, -0.25) is 4.62 Å². The van der Waals surface area contributed by atoms with Gasteiger partial charge >= 0.3 is 11.9 Å². The van der Waals surface area contributed by atoms with Crippen LogP contribution >= 0.6 is 25.4 Å². The van der Waals surface area contributed by atoms with E-state index in [1.54, 1.807) is 37.4 Å². The van der Waals surface area contributed by atoms with Crippen molar-refractivity contribution in [1.82, 2.24) is 5.48 Å². The molecule has 0 aromatic heterocycles. The van der Waals surface area contributed by atoms with Crippen LogP contribution in [0.3, 0.4) is 0 Å². The van der Waals surface area contributed by atoms with Gasteiger partial charge in [0.15, 0.2) is 13.2 Å². The largest absolute Gasteiger partial charge is 0.496 e. The van der Waals surface area contributed by atoms with Gasteiger partial charge in [0.05, 0.1) is 14.2 Å². The highest BCUT2D eigenvalue weighted by Gasteiger charge is 2.07. The van der Waals surface area contributed by atoms with Gasteiger partial charge in [0.25, 0.3) is 0 Å². The van der Waals surface area contributed by atoms with E-state index in [4.69, 9.17) is 29.2 Å². The minimum atomic E-state index is -1.02. The Morgan fingerprint density at radius 1 is 0.882 bits per heavy atom. The van der Waals surface area contributed by atoms with Crippen molar-refractivity contribution in [2.45, 2.75) is 26.7 Å². The van der Waals surface area contributed by atoms with Crippen LogP contribution in [0.2, 0.25) is 0 Å². The second-order valence-corrected chi connectivity index (χ2v) is 6.68. The molecule has 0 bridgehead atoms. The summed E-state index contributed by atoms with van der Waals surface area (Å²) >= 11 is 3.32. The lowest BCUT2D eigenvalue weighted by Gasteiger charge is -2.11. The Balaban J connectivity index is 0. The van der Waals surface area contributed by atoms with Crippen LogP contribution in [0, 0.1) is 0 Å².